The summed E-state index contributed by atoms with van der Waals surface area (Å²) in [6.07, 6.45) is 0.941. The van der Waals surface area contributed by atoms with Crippen LogP contribution in [0, 0.1) is 5.41 Å². The maximum Gasteiger partial charge on any atom is 0.315 e. The van der Waals surface area contributed by atoms with E-state index in [1.807, 2.05) is 29.2 Å². The first kappa shape index (κ1) is 16.6. The second-order valence-electron chi connectivity index (χ2n) is 6.85. The number of urea groups is 1. The van der Waals surface area contributed by atoms with Crippen LogP contribution < -0.4 is 10.5 Å². The zero-order valence-electron chi connectivity index (χ0n) is 14.0. The fourth-order valence-corrected chi connectivity index (χ4v) is 3.50. The monoisotopic (exact) mass is 305 g/mol. The van der Waals surface area contributed by atoms with Gasteiger partial charge < -0.3 is 20.3 Å². The van der Waals surface area contributed by atoms with Crippen molar-refractivity contribution in [1.82, 2.24) is 9.80 Å². The normalized spacial score (nSPS) is 21.4. The van der Waals surface area contributed by atoms with Gasteiger partial charge in [0.2, 0.25) is 0 Å². The molecule has 1 heterocycles. The second kappa shape index (κ2) is 6.57. The zero-order chi connectivity index (χ0) is 16.3. The Bertz CT molecular complexity index is 530. The van der Waals surface area contributed by atoms with Crippen molar-refractivity contribution in [2.24, 2.45) is 11.1 Å². The lowest BCUT2D eigenvalue weighted by atomic mass is 9.78. The molecule has 2 rings (SSSR count). The number of carbonyl (C=O) groups excluding carboxylic acids is 1. The highest BCUT2D eigenvalue weighted by Gasteiger charge is 2.39. The van der Waals surface area contributed by atoms with E-state index < -0.39 is 0 Å². The summed E-state index contributed by atoms with van der Waals surface area (Å²) in [7, 11) is 3.76. The van der Waals surface area contributed by atoms with Gasteiger partial charge in [0.05, 0.1) is 7.11 Å². The van der Waals surface area contributed by atoms with Crippen molar-refractivity contribution in [2.75, 3.05) is 27.2 Å². The van der Waals surface area contributed by atoms with Crippen molar-refractivity contribution in [3.8, 4) is 5.75 Å². The van der Waals surface area contributed by atoms with Crippen molar-refractivity contribution in [3.05, 3.63) is 29.8 Å². The number of amides is 2. The minimum absolute atomic E-state index is 0.0148. The van der Waals surface area contributed by atoms with Crippen LogP contribution in [0.4, 0.5) is 4.79 Å². The van der Waals surface area contributed by atoms with Gasteiger partial charge in [0, 0.05) is 19.1 Å². The van der Waals surface area contributed by atoms with E-state index in [1.165, 1.54) is 0 Å². The average Bonchev–Trinajstić information content (AvgIpc) is 2.44. The van der Waals surface area contributed by atoms with Crippen LogP contribution in [0.5, 0.6) is 5.75 Å². The topological polar surface area (TPSA) is 58.8 Å². The number of nitrogens with two attached hydrogens (primary N) is 1. The fourth-order valence-electron chi connectivity index (χ4n) is 3.50. The summed E-state index contributed by atoms with van der Waals surface area (Å²) in [6, 6.07) is 7.58. The molecule has 1 atom stereocenters. The molecule has 0 aliphatic carbocycles. The average molecular weight is 305 g/mol. The van der Waals surface area contributed by atoms with Gasteiger partial charge in [-0.2, -0.15) is 0 Å². The second-order valence-corrected chi connectivity index (χ2v) is 6.85. The van der Waals surface area contributed by atoms with E-state index in [0.29, 0.717) is 6.54 Å². The van der Waals surface area contributed by atoms with Crippen LogP contribution in [0.2, 0.25) is 0 Å². The summed E-state index contributed by atoms with van der Waals surface area (Å²) in [5, 5.41) is 0. The minimum atomic E-state index is -0.356. The molecule has 0 bridgehead atoms. The lowest BCUT2D eigenvalue weighted by Crippen LogP contribution is -2.57. The lowest BCUT2D eigenvalue weighted by molar-refractivity contribution is 0.0329. The summed E-state index contributed by atoms with van der Waals surface area (Å²) in [5.41, 5.74) is 6.73. The third-order valence-corrected chi connectivity index (χ3v) is 4.51. The van der Waals surface area contributed by atoms with Gasteiger partial charge in [-0.25, -0.2) is 4.79 Å². The van der Waals surface area contributed by atoms with Crippen molar-refractivity contribution >= 4 is 6.03 Å². The number of rotatable bonds is 4. The maximum atomic E-state index is 12.0. The number of ether oxygens (including phenoxy) is 1. The number of hydrogen-bond acceptors (Lipinski definition) is 3. The molecule has 1 unspecified atom stereocenters. The van der Waals surface area contributed by atoms with E-state index in [2.05, 4.69) is 25.8 Å². The Morgan fingerprint density at radius 1 is 1.50 bits per heavy atom. The first-order valence-corrected chi connectivity index (χ1v) is 7.71. The minimum Gasteiger partial charge on any atom is -0.497 e. The van der Waals surface area contributed by atoms with Gasteiger partial charge in [0.1, 0.15) is 5.75 Å². The molecule has 22 heavy (non-hydrogen) atoms. The summed E-state index contributed by atoms with van der Waals surface area (Å²) in [5.74, 6) is 0.796. The highest BCUT2D eigenvalue weighted by atomic mass is 16.5. The molecule has 0 spiro atoms. The molecule has 1 aliphatic heterocycles. The van der Waals surface area contributed by atoms with Crippen LogP contribution >= 0.6 is 0 Å². The number of nitrogens with zero attached hydrogens (tertiary/aromatic N) is 2. The van der Waals surface area contributed by atoms with Gasteiger partial charge in [-0.3, -0.25) is 0 Å². The molecule has 0 radical (unpaired) electrons. The molecule has 1 aromatic rings. The molecule has 5 heteroatoms. The highest BCUT2D eigenvalue weighted by Crippen LogP contribution is 2.33. The molecule has 1 fully saturated rings. The quantitative estimate of drug-likeness (QED) is 0.928. The van der Waals surface area contributed by atoms with Crippen LogP contribution in [0.15, 0.2) is 24.3 Å². The van der Waals surface area contributed by atoms with Gasteiger partial charge in [-0.15, -0.1) is 0 Å². The largest absolute Gasteiger partial charge is 0.497 e. The van der Waals surface area contributed by atoms with Crippen molar-refractivity contribution < 1.29 is 9.53 Å². The van der Waals surface area contributed by atoms with Gasteiger partial charge in [-0.1, -0.05) is 26.0 Å². The van der Waals surface area contributed by atoms with Crippen molar-refractivity contribution in [2.45, 2.75) is 32.9 Å². The molecule has 122 valence electrons. The molecule has 1 saturated heterocycles. The Labute approximate surface area is 133 Å². The Hall–Kier alpha value is -1.75. The third-order valence-electron chi connectivity index (χ3n) is 4.51. The van der Waals surface area contributed by atoms with Crippen LogP contribution in [-0.2, 0) is 6.54 Å². The number of carbonyl (C=O) groups is 1. The first-order chi connectivity index (χ1) is 10.3. The van der Waals surface area contributed by atoms with Crippen molar-refractivity contribution in [1.29, 1.82) is 0 Å². The zero-order valence-corrected chi connectivity index (χ0v) is 14.0. The highest BCUT2D eigenvalue weighted by molar-refractivity contribution is 5.72. The Morgan fingerprint density at radius 3 is 2.82 bits per heavy atom. The smallest absolute Gasteiger partial charge is 0.315 e. The number of piperidine rings is 1. The van der Waals surface area contributed by atoms with E-state index >= 15 is 0 Å². The number of likely N-dealkylation sites (tertiary alicyclic amines) is 1. The van der Waals surface area contributed by atoms with Gasteiger partial charge in [-0.05, 0) is 43.1 Å². The molecular weight excluding hydrogens is 278 g/mol. The SMILES string of the molecule is COc1cccc(CN(C(N)=O)C2CCN(C)CC2(C)C)c1. The number of benzene rings is 1. The van der Waals surface area contributed by atoms with Crippen LogP contribution in [0.1, 0.15) is 25.8 Å². The van der Waals surface area contributed by atoms with E-state index in [1.54, 1.807) is 7.11 Å². The first-order valence-electron chi connectivity index (χ1n) is 7.71. The molecule has 2 amide bonds. The molecule has 1 aliphatic rings. The van der Waals surface area contributed by atoms with Crippen LogP contribution in [0.3, 0.4) is 0 Å². The number of primary amides is 1. The van der Waals surface area contributed by atoms with Crippen molar-refractivity contribution in [3.63, 3.8) is 0 Å². The predicted octanol–water partition coefficient (Wildman–Crippen LogP) is 2.31. The predicted molar refractivity (Wildman–Crippen MR) is 87.8 cm³/mol. The summed E-state index contributed by atoms with van der Waals surface area (Å²) >= 11 is 0. The summed E-state index contributed by atoms with van der Waals surface area (Å²) < 4.78 is 5.26. The van der Waals surface area contributed by atoms with Gasteiger partial charge in [0.25, 0.3) is 0 Å². The van der Waals surface area contributed by atoms with Gasteiger partial charge in [0.15, 0.2) is 0 Å². The molecule has 5 nitrogen and oxygen atoms in total. The Kier molecular flexibility index (Phi) is 4.96. The number of methoxy groups -OCH3 is 1. The van der Waals surface area contributed by atoms with E-state index in [4.69, 9.17) is 10.5 Å². The Balaban J connectivity index is 2.21. The van der Waals surface area contributed by atoms with Gasteiger partial charge >= 0.3 is 6.03 Å². The van der Waals surface area contributed by atoms with E-state index in [0.717, 1.165) is 30.8 Å². The molecule has 2 N–H and O–H groups in total. The van der Waals surface area contributed by atoms with Crippen LogP contribution in [0.25, 0.3) is 0 Å². The maximum absolute atomic E-state index is 12.0. The standard InChI is InChI=1S/C17H27N3O2/c1-17(2)12-19(3)9-8-15(17)20(16(18)21)11-13-6-5-7-14(10-13)22-4/h5-7,10,15H,8-9,11-12H2,1-4H3,(H2,18,21). The van der Waals surface area contributed by atoms with E-state index in [-0.39, 0.29) is 17.5 Å². The van der Waals surface area contributed by atoms with Crippen LogP contribution in [-0.4, -0.2) is 49.1 Å². The lowest BCUT2D eigenvalue weighted by Gasteiger charge is -2.47. The number of hydrogen-bond donors (Lipinski definition) is 1. The third kappa shape index (κ3) is 3.71. The molecule has 0 saturated carbocycles. The molecular formula is C17H27N3O2. The van der Waals surface area contributed by atoms with E-state index in [9.17, 15) is 4.79 Å². The molecule has 0 aromatic heterocycles. The fraction of sp³-hybridized carbons (Fsp3) is 0.588. The summed E-state index contributed by atoms with van der Waals surface area (Å²) in [4.78, 5) is 16.1. The summed E-state index contributed by atoms with van der Waals surface area (Å²) in [6.45, 7) is 6.86. The molecule has 1 aromatic carbocycles. The Morgan fingerprint density at radius 2 is 2.23 bits per heavy atom.